The molecule has 0 saturated heterocycles. The van der Waals surface area contributed by atoms with Crippen LogP contribution in [0.5, 0.6) is 0 Å². The predicted molar refractivity (Wildman–Crippen MR) is 85.0 cm³/mol. The van der Waals surface area contributed by atoms with Gasteiger partial charge in [-0.05, 0) is 30.9 Å². The van der Waals surface area contributed by atoms with Gasteiger partial charge in [-0.1, -0.05) is 25.8 Å². The van der Waals surface area contributed by atoms with Crippen molar-refractivity contribution in [1.29, 1.82) is 0 Å². The molecular formula is C17H21N3O3. The van der Waals surface area contributed by atoms with Gasteiger partial charge in [0.15, 0.2) is 12.3 Å². The first-order valence-electron chi connectivity index (χ1n) is 8.04. The van der Waals surface area contributed by atoms with Crippen molar-refractivity contribution in [2.24, 2.45) is 5.92 Å². The monoisotopic (exact) mass is 315 g/mol. The first-order chi connectivity index (χ1) is 11.1. The molecule has 1 fully saturated rings. The number of nitrogens with zero attached hydrogens (tertiary/aromatic N) is 2. The van der Waals surface area contributed by atoms with E-state index in [1.54, 1.807) is 22.9 Å². The summed E-state index contributed by atoms with van der Waals surface area (Å²) >= 11 is 0. The SMILES string of the molecule is C[C@@H]1CCCC[C@@H]1NC(=O)COC(=O)c1cn2ccccc2n1. The van der Waals surface area contributed by atoms with Crippen LogP contribution in [0.1, 0.15) is 43.1 Å². The van der Waals surface area contributed by atoms with Gasteiger partial charge in [-0.25, -0.2) is 9.78 Å². The molecule has 0 bridgehead atoms. The van der Waals surface area contributed by atoms with Crippen molar-refractivity contribution >= 4 is 17.5 Å². The zero-order valence-corrected chi connectivity index (χ0v) is 13.2. The third kappa shape index (κ3) is 3.70. The van der Waals surface area contributed by atoms with Gasteiger partial charge in [0.05, 0.1) is 0 Å². The summed E-state index contributed by atoms with van der Waals surface area (Å²) in [6.07, 6.45) is 7.88. The molecule has 1 N–H and O–H groups in total. The van der Waals surface area contributed by atoms with Crippen LogP contribution in [0, 0.1) is 5.92 Å². The van der Waals surface area contributed by atoms with Gasteiger partial charge in [0.1, 0.15) is 5.65 Å². The van der Waals surface area contributed by atoms with Gasteiger partial charge in [0.2, 0.25) is 0 Å². The summed E-state index contributed by atoms with van der Waals surface area (Å²) in [6, 6.07) is 5.68. The summed E-state index contributed by atoms with van der Waals surface area (Å²) in [7, 11) is 0. The molecule has 6 heteroatoms. The number of aromatic nitrogens is 2. The third-order valence-corrected chi connectivity index (χ3v) is 4.37. The number of nitrogens with one attached hydrogen (secondary N) is 1. The van der Waals surface area contributed by atoms with Crippen LogP contribution in [0.15, 0.2) is 30.6 Å². The maximum Gasteiger partial charge on any atom is 0.359 e. The van der Waals surface area contributed by atoms with Gasteiger partial charge in [0, 0.05) is 18.4 Å². The van der Waals surface area contributed by atoms with Gasteiger partial charge in [-0.2, -0.15) is 0 Å². The molecule has 2 aromatic heterocycles. The molecule has 2 heterocycles. The quantitative estimate of drug-likeness (QED) is 0.878. The Balaban J connectivity index is 1.52. The summed E-state index contributed by atoms with van der Waals surface area (Å²) in [4.78, 5) is 28.1. The normalized spacial score (nSPS) is 21.1. The van der Waals surface area contributed by atoms with Crippen LogP contribution in [0.3, 0.4) is 0 Å². The second kappa shape index (κ2) is 6.81. The van der Waals surface area contributed by atoms with Gasteiger partial charge in [0.25, 0.3) is 5.91 Å². The van der Waals surface area contributed by atoms with Gasteiger partial charge in [-0.3, -0.25) is 4.79 Å². The molecule has 1 amide bonds. The minimum atomic E-state index is -0.583. The molecule has 2 atom stereocenters. The smallest absolute Gasteiger partial charge is 0.359 e. The zero-order valence-electron chi connectivity index (χ0n) is 13.2. The van der Waals surface area contributed by atoms with Crippen LogP contribution in [0.25, 0.3) is 5.65 Å². The molecule has 0 radical (unpaired) electrons. The lowest BCUT2D eigenvalue weighted by Crippen LogP contribution is -2.42. The Hall–Kier alpha value is -2.37. The van der Waals surface area contributed by atoms with E-state index in [2.05, 4.69) is 17.2 Å². The van der Waals surface area contributed by atoms with Crippen molar-refractivity contribution in [2.45, 2.75) is 38.6 Å². The summed E-state index contributed by atoms with van der Waals surface area (Å²) < 4.78 is 6.81. The van der Waals surface area contributed by atoms with E-state index in [0.29, 0.717) is 11.6 Å². The molecule has 0 spiro atoms. The van der Waals surface area contributed by atoms with Crippen LogP contribution < -0.4 is 5.32 Å². The van der Waals surface area contributed by atoms with Crippen LogP contribution in [-0.4, -0.2) is 33.9 Å². The van der Waals surface area contributed by atoms with E-state index in [9.17, 15) is 9.59 Å². The zero-order chi connectivity index (χ0) is 16.2. The third-order valence-electron chi connectivity index (χ3n) is 4.37. The van der Waals surface area contributed by atoms with E-state index >= 15 is 0 Å². The molecule has 1 saturated carbocycles. The molecular weight excluding hydrogens is 294 g/mol. The molecule has 2 aromatic rings. The minimum absolute atomic E-state index is 0.185. The second-order valence-corrected chi connectivity index (χ2v) is 6.10. The molecule has 6 nitrogen and oxygen atoms in total. The van der Waals surface area contributed by atoms with Crippen molar-refractivity contribution in [3.05, 3.63) is 36.3 Å². The average Bonchev–Trinajstić information content (AvgIpc) is 2.99. The lowest BCUT2D eigenvalue weighted by molar-refractivity contribution is -0.125. The first-order valence-corrected chi connectivity index (χ1v) is 8.04. The second-order valence-electron chi connectivity index (χ2n) is 6.10. The Bertz CT molecular complexity index is 677. The van der Waals surface area contributed by atoms with Gasteiger partial charge < -0.3 is 14.5 Å². The van der Waals surface area contributed by atoms with Crippen molar-refractivity contribution in [3.8, 4) is 0 Å². The maximum atomic E-state index is 12.0. The fraction of sp³-hybridized carbons (Fsp3) is 0.471. The van der Waals surface area contributed by atoms with Crippen molar-refractivity contribution < 1.29 is 14.3 Å². The number of imidazole rings is 1. The number of hydrogen-bond acceptors (Lipinski definition) is 4. The largest absolute Gasteiger partial charge is 0.451 e. The highest BCUT2D eigenvalue weighted by Crippen LogP contribution is 2.23. The van der Waals surface area contributed by atoms with Crippen molar-refractivity contribution in [2.75, 3.05) is 6.61 Å². The number of carbonyl (C=O) groups excluding carboxylic acids is 2. The molecule has 23 heavy (non-hydrogen) atoms. The molecule has 0 aromatic carbocycles. The van der Waals surface area contributed by atoms with E-state index in [-0.39, 0.29) is 24.2 Å². The number of esters is 1. The molecule has 0 unspecified atom stereocenters. The number of hydrogen-bond donors (Lipinski definition) is 1. The summed E-state index contributed by atoms with van der Waals surface area (Å²) in [5.41, 5.74) is 0.870. The highest BCUT2D eigenvalue weighted by atomic mass is 16.5. The summed E-state index contributed by atoms with van der Waals surface area (Å²) in [6.45, 7) is 1.88. The van der Waals surface area contributed by atoms with Crippen molar-refractivity contribution in [3.63, 3.8) is 0 Å². The molecule has 3 rings (SSSR count). The van der Waals surface area contributed by atoms with E-state index in [4.69, 9.17) is 4.74 Å². The van der Waals surface area contributed by atoms with E-state index in [1.807, 2.05) is 12.1 Å². The molecule has 0 aliphatic heterocycles. The Morgan fingerprint density at radius 3 is 2.96 bits per heavy atom. The number of fused-ring (bicyclic) bond motifs is 1. The van der Waals surface area contributed by atoms with E-state index in [0.717, 1.165) is 19.3 Å². The topological polar surface area (TPSA) is 72.7 Å². The Morgan fingerprint density at radius 2 is 2.17 bits per heavy atom. The number of ether oxygens (including phenoxy) is 1. The Morgan fingerprint density at radius 1 is 1.35 bits per heavy atom. The van der Waals surface area contributed by atoms with E-state index in [1.165, 1.54) is 6.42 Å². The van der Waals surface area contributed by atoms with E-state index < -0.39 is 5.97 Å². The molecule has 1 aliphatic rings. The van der Waals surface area contributed by atoms with Gasteiger partial charge in [-0.15, -0.1) is 0 Å². The average molecular weight is 315 g/mol. The highest BCUT2D eigenvalue weighted by Gasteiger charge is 2.23. The van der Waals surface area contributed by atoms with Crippen LogP contribution in [0.4, 0.5) is 0 Å². The minimum Gasteiger partial charge on any atom is -0.451 e. The fourth-order valence-electron chi connectivity index (χ4n) is 3.02. The fourth-order valence-corrected chi connectivity index (χ4v) is 3.02. The lowest BCUT2D eigenvalue weighted by Gasteiger charge is -2.29. The lowest BCUT2D eigenvalue weighted by atomic mass is 9.86. The molecule has 122 valence electrons. The summed E-state index contributed by atoms with van der Waals surface area (Å²) in [5.74, 6) is -0.358. The van der Waals surface area contributed by atoms with Crippen LogP contribution in [-0.2, 0) is 9.53 Å². The van der Waals surface area contributed by atoms with Crippen molar-refractivity contribution in [1.82, 2.24) is 14.7 Å². The maximum absolute atomic E-state index is 12.0. The number of amides is 1. The standard InChI is InChI=1S/C17H21N3O3/c1-12-6-2-3-7-13(12)19-16(21)11-23-17(22)14-10-20-9-5-4-8-15(20)18-14/h4-5,8-10,12-13H,2-3,6-7,11H2,1H3,(H,19,21)/t12-,13+/m1/s1. The highest BCUT2D eigenvalue weighted by molar-refractivity contribution is 5.90. The van der Waals surface area contributed by atoms with Crippen LogP contribution >= 0.6 is 0 Å². The van der Waals surface area contributed by atoms with Gasteiger partial charge >= 0.3 is 5.97 Å². The predicted octanol–water partition coefficient (Wildman–Crippen LogP) is 2.19. The Kier molecular flexibility index (Phi) is 4.60. The number of carbonyl (C=O) groups is 2. The van der Waals surface area contributed by atoms with Crippen LogP contribution in [0.2, 0.25) is 0 Å². The molecule has 1 aliphatic carbocycles. The number of rotatable bonds is 4. The Labute approximate surface area is 134 Å². The summed E-state index contributed by atoms with van der Waals surface area (Å²) in [5, 5.41) is 2.96. The number of pyridine rings is 1. The first kappa shape index (κ1) is 15.5.